The first-order valence-electron chi connectivity index (χ1n) is 23.5. The Bertz CT molecular complexity index is 2370. The van der Waals surface area contributed by atoms with Gasteiger partial charge < -0.3 is 61.0 Å². The third kappa shape index (κ3) is 20.9. The molecule has 0 aliphatic heterocycles. The van der Waals surface area contributed by atoms with E-state index in [-0.39, 0.29) is 30.2 Å². The highest BCUT2D eigenvalue weighted by molar-refractivity contribution is 6.30. The van der Waals surface area contributed by atoms with Crippen LogP contribution in [-0.2, 0) is 33.4 Å². The molecule has 0 bridgehead atoms. The summed E-state index contributed by atoms with van der Waals surface area (Å²) in [6, 6.07) is 8.88. The molecule has 0 spiro atoms. The van der Waals surface area contributed by atoms with Gasteiger partial charge in [0.1, 0.15) is 47.5 Å². The number of aliphatic hydroxyl groups excluding tert-OH is 1. The summed E-state index contributed by atoms with van der Waals surface area (Å²) in [4.78, 5) is 98.5. The normalized spacial score (nSPS) is 14.6. The summed E-state index contributed by atoms with van der Waals surface area (Å²) in [7, 11) is 0. The van der Waals surface area contributed by atoms with E-state index in [0.29, 0.717) is 17.9 Å². The summed E-state index contributed by atoms with van der Waals surface area (Å²) < 4.78 is 21.9. The smallest absolute Gasteiger partial charge is 0.407 e. The molecule has 3 rings (SSSR count). The molecule has 7 amide bonds. The lowest BCUT2D eigenvalue weighted by Crippen LogP contribution is -2.62. The van der Waals surface area contributed by atoms with Crippen molar-refractivity contribution >= 4 is 53.3 Å². The highest BCUT2D eigenvalue weighted by Gasteiger charge is 2.36. The Labute approximate surface area is 425 Å². The van der Waals surface area contributed by atoms with Crippen molar-refractivity contribution in [3.05, 3.63) is 77.0 Å². The largest absolute Gasteiger partial charge is 0.444 e. The SMILES string of the molecule is C[C@H](NC(=O)[C@@H](NC(=O)[C@H](CNC(=O)OC(C)(C)C)NC(=O)c1ccc(-c2ccc(Cl)cc2)cc1)[C@@H](C)OC(C)(C)C)C(=O)N[C@@H](CCCCNC(=O)OC(C)(C)C)C(=O)N[C@@H](C)C(O)c1ncc(C#N)o1. The number of unbranched alkanes of at least 4 members (excludes halogenated alkanes) is 1. The fourth-order valence-electron chi connectivity index (χ4n) is 6.69. The van der Waals surface area contributed by atoms with Crippen LogP contribution in [0.3, 0.4) is 0 Å². The van der Waals surface area contributed by atoms with Gasteiger partial charge in [0.25, 0.3) is 5.91 Å². The number of alkyl carbamates (subject to hydrolysis) is 2. The number of rotatable bonds is 22. The molecular formula is C50H70ClN9O12. The van der Waals surface area contributed by atoms with Crippen LogP contribution in [-0.4, -0.2) is 118 Å². The number of hydrogen-bond donors (Lipinski definition) is 8. The second kappa shape index (κ2) is 26.6. The van der Waals surface area contributed by atoms with E-state index in [0.717, 1.165) is 17.3 Å². The van der Waals surface area contributed by atoms with E-state index in [4.69, 9.17) is 35.5 Å². The molecule has 22 heteroatoms. The maximum absolute atomic E-state index is 14.2. The molecule has 3 aromatic rings. The van der Waals surface area contributed by atoms with E-state index < -0.39 is 107 Å². The van der Waals surface area contributed by atoms with Gasteiger partial charge in [0.05, 0.1) is 30.5 Å². The topological polar surface area (TPSA) is 301 Å². The second-order valence-electron chi connectivity index (χ2n) is 20.0. The maximum atomic E-state index is 14.2. The minimum absolute atomic E-state index is 0.0424. The third-order valence-corrected chi connectivity index (χ3v) is 10.3. The van der Waals surface area contributed by atoms with Gasteiger partial charge in [0.15, 0.2) is 0 Å². The van der Waals surface area contributed by atoms with Gasteiger partial charge >= 0.3 is 12.2 Å². The number of benzene rings is 2. The number of ether oxygens (including phenoxy) is 3. The Morgan fingerprint density at radius 3 is 1.79 bits per heavy atom. The summed E-state index contributed by atoms with van der Waals surface area (Å²) in [5.41, 5.74) is -0.625. The van der Waals surface area contributed by atoms with Crippen LogP contribution in [0.5, 0.6) is 0 Å². The van der Waals surface area contributed by atoms with Crippen LogP contribution in [0.4, 0.5) is 9.59 Å². The summed E-state index contributed by atoms with van der Waals surface area (Å²) in [5, 5.41) is 38.8. The molecule has 0 radical (unpaired) electrons. The minimum atomic E-state index is -1.50. The Hall–Kier alpha value is -6.76. The summed E-state index contributed by atoms with van der Waals surface area (Å²) in [6.45, 7) is 19.4. The zero-order valence-corrected chi connectivity index (χ0v) is 43.7. The molecule has 8 N–H and O–H groups in total. The molecule has 7 atom stereocenters. The molecule has 0 saturated heterocycles. The highest BCUT2D eigenvalue weighted by Crippen LogP contribution is 2.23. The van der Waals surface area contributed by atoms with Crippen LogP contribution < -0.4 is 37.2 Å². The molecule has 0 aliphatic rings. The number of oxazole rings is 1. The average Bonchev–Trinajstić information content (AvgIpc) is 3.76. The van der Waals surface area contributed by atoms with Gasteiger partial charge in [-0.05, 0) is 138 Å². The van der Waals surface area contributed by atoms with Gasteiger partial charge in [0, 0.05) is 17.1 Å². The number of aromatic nitrogens is 1. The molecule has 0 fully saturated rings. The third-order valence-electron chi connectivity index (χ3n) is 10.1. The molecule has 21 nitrogen and oxygen atoms in total. The zero-order valence-electron chi connectivity index (χ0n) is 43.0. The highest BCUT2D eigenvalue weighted by atomic mass is 35.5. The van der Waals surface area contributed by atoms with E-state index in [1.807, 2.05) is 12.1 Å². The van der Waals surface area contributed by atoms with Crippen molar-refractivity contribution in [3.63, 3.8) is 0 Å². The van der Waals surface area contributed by atoms with Gasteiger partial charge in [-0.15, -0.1) is 0 Å². The van der Waals surface area contributed by atoms with Crippen molar-refractivity contribution < 1.29 is 57.3 Å². The zero-order chi connectivity index (χ0) is 54.1. The van der Waals surface area contributed by atoms with Crippen LogP contribution in [0.25, 0.3) is 11.1 Å². The van der Waals surface area contributed by atoms with Crippen molar-refractivity contribution in [1.82, 2.24) is 42.2 Å². The van der Waals surface area contributed by atoms with E-state index in [1.54, 1.807) is 105 Å². The number of amides is 7. The molecule has 1 unspecified atom stereocenters. The Balaban J connectivity index is 1.84. The number of nitrogens with zero attached hydrogens (tertiary/aromatic N) is 2. The first-order valence-corrected chi connectivity index (χ1v) is 23.9. The van der Waals surface area contributed by atoms with Gasteiger partial charge in [-0.1, -0.05) is 35.9 Å². The molecule has 0 aliphatic carbocycles. The van der Waals surface area contributed by atoms with Crippen LogP contribution in [0, 0.1) is 11.3 Å². The summed E-state index contributed by atoms with van der Waals surface area (Å²) >= 11 is 6.04. The number of halogens is 1. The van der Waals surface area contributed by atoms with Crippen LogP contribution >= 0.6 is 11.6 Å². The molecule has 1 aromatic heterocycles. The van der Waals surface area contributed by atoms with Gasteiger partial charge in [0.2, 0.25) is 35.3 Å². The lowest BCUT2D eigenvalue weighted by molar-refractivity contribution is -0.139. The fourth-order valence-corrected chi connectivity index (χ4v) is 6.81. The molecule has 0 saturated carbocycles. The number of carbonyl (C=O) groups is 7. The van der Waals surface area contributed by atoms with E-state index in [9.17, 15) is 38.7 Å². The lowest BCUT2D eigenvalue weighted by atomic mass is 10.0. The summed E-state index contributed by atoms with van der Waals surface area (Å²) in [6.07, 6.45) is -2.18. The number of carbonyl (C=O) groups excluding carboxylic acids is 7. The van der Waals surface area contributed by atoms with E-state index >= 15 is 0 Å². The first-order chi connectivity index (χ1) is 33.4. The van der Waals surface area contributed by atoms with Crippen LogP contribution in [0.15, 0.2) is 59.1 Å². The monoisotopic (exact) mass is 1020 g/mol. The molecule has 1 heterocycles. The van der Waals surface area contributed by atoms with E-state index in [1.165, 1.54) is 20.8 Å². The molecule has 2 aromatic carbocycles. The first kappa shape index (κ1) is 59.5. The molecule has 72 heavy (non-hydrogen) atoms. The number of aliphatic hydroxyl groups is 1. The summed E-state index contributed by atoms with van der Waals surface area (Å²) in [5.74, 6) is -4.35. The van der Waals surface area contributed by atoms with Crippen LogP contribution in [0.2, 0.25) is 5.02 Å². The van der Waals surface area contributed by atoms with Crippen molar-refractivity contribution in [3.8, 4) is 17.2 Å². The van der Waals surface area contributed by atoms with Gasteiger partial charge in [-0.25, -0.2) is 14.6 Å². The predicted octanol–water partition coefficient (Wildman–Crippen LogP) is 5.10. The Morgan fingerprint density at radius 2 is 1.25 bits per heavy atom. The second-order valence-corrected chi connectivity index (χ2v) is 20.5. The minimum Gasteiger partial charge on any atom is -0.444 e. The Kier molecular flexibility index (Phi) is 22.0. The number of hydrogen-bond acceptors (Lipinski definition) is 14. The standard InChI is InChI=1S/C50H70ClN9O12/c1-28(39(61)45-54-26-35(25-52)69-45)56-42(64)36(15-13-14-24-53-46(67)71-49(7,8)9)58-40(62)29(2)57-44(66)38(30(3)70-48(4,5)6)60-43(65)37(27-55-47(68)72-50(10,11)12)59-41(63)33-18-16-31(17-19-33)32-20-22-34(51)23-21-32/h16-23,26,28-30,36-39,61H,13-15,24,27H2,1-12H3,(H,53,67)(H,55,68)(H,56,64)(H,57,66)(H,58,62)(H,59,63)(H,60,65)/t28-,29-,30+,36-,37-,38-,39?/m0/s1. The maximum Gasteiger partial charge on any atom is 0.407 e. The lowest BCUT2D eigenvalue weighted by Gasteiger charge is -2.32. The average molecular weight is 1020 g/mol. The van der Waals surface area contributed by atoms with E-state index in [2.05, 4.69) is 42.2 Å². The molecular weight excluding hydrogens is 954 g/mol. The van der Waals surface area contributed by atoms with Crippen molar-refractivity contribution in [2.45, 2.75) is 162 Å². The number of nitriles is 1. The fraction of sp³-hybridized carbons (Fsp3) is 0.540. The van der Waals surface area contributed by atoms with Crippen molar-refractivity contribution in [2.24, 2.45) is 0 Å². The van der Waals surface area contributed by atoms with Gasteiger partial charge in [-0.3, -0.25) is 24.0 Å². The van der Waals surface area contributed by atoms with Gasteiger partial charge in [-0.2, -0.15) is 5.26 Å². The Morgan fingerprint density at radius 1 is 0.694 bits per heavy atom. The molecule has 394 valence electrons. The van der Waals surface area contributed by atoms with Crippen molar-refractivity contribution in [1.29, 1.82) is 5.26 Å². The quantitative estimate of drug-likeness (QED) is 0.0608. The predicted molar refractivity (Wildman–Crippen MR) is 266 cm³/mol. The number of nitrogens with one attached hydrogen (secondary N) is 7. The van der Waals surface area contributed by atoms with Crippen molar-refractivity contribution in [2.75, 3.05) is 13.1 Å². The van der Waals surface area contributed by atoms with Crippen LogP contribution in [0.1, 0.15) is 130 Å².